The molecule has 1 fully saturated rings. The summed E-state index contributed by atoms with van der Waals surface area (Å²) in [5, 5.41) is 11.5. The molecule has 8 heteroatoms. The Labute approximate surface area is 124 Å². The third kappa shape index (κ3) is 3.43. The van der Waals surface area contributed by atoms with Gasteiger partial charge >= 0.3 is 5.97 Å². The van der Waals surface area contributed by atoms with Crippen LogP contribution in [0.5, 0.6) is 0 Å². The Bertz CT molecular complexity index is 579. The lowest BCUT2D eigenvalue weighted by Gasteiger charge is -2.14. The van der Waals surface area contributed by atoms with E-state index in [1.165, 1.54) is 34.9 Å². The maximum Gasteiger partial charge on any atom is 0.335 e. The average Bonchev–Trinajstić information content (AvgIpc) is 2.77. The average molecular weight is 315 g/mol. The van der Waals surface area contributed by atoms with E-state index in [2.05, 4.69) is 5.32 Å². The summed E-state index contributed by atoms with van der Waals surface area (Å²) < 4.78 is 0. The van der Waals surface area contributed by atoms with E-state index in [1.54, 1.807) is 0 Å². The first-order valence-corrected chi connectivity index (χ1v) is 7.19. The number of benzene rings is 1. The molecule has 1 aromatic rings. The molecule has 0 atom stereocenters. The van der Waals surface area contributed by atoms with Crippen molar-refractivity contribution in [2.24, 2.45) is 0 Å². The molecule has 2 amide bonds. The number of halogens is 1. The molecular weight excluding hydrogens is 304 g/mol. The number of carboxylic acids is 1. The summed E-state index contributed by atoms with van der Waals surface area (Å²) in [6, 6.07) is 4.03. The molecule has 1 heterocycles. The van der Waals surface area contributed by atoms with Gasteiger partial charge in [0, 0.05) is 0 Å². The zero-order chi connectivity index (χ0) is 14.7. The SMILES string of the molecule is O=C(CN1CSCC1=O)Nc1ccc(C(=O)O)cc1Cl. The van der Waals surface area contributed by atoms with Crippen molar-refractivity contribution >= 4 is 46.8 Å². The van der Waals surface area contributed by atoms with Crippen LogP contribution in [0.25, 0.3) is 0 Å². The molecule has 2 rings (SSSR count). The fourth-order valence-corrected chi connectivity index (χ4v) is 2.78. The normalized spacial score (nSPS) is 14.4. The zero-order valence-corrected chi connectivity index (χ0v) is 11.8. The summed E-state index contributed by atoms with van der Waals surface area (Å²) in [4.78, 5) is 35.4. The Kier molecular flexibility index (Phi) is 4.51. The number of thioether (sulfide) groups is 1. The lowest BCUT2D eigenvalue weighted by molar-refractivity contribution is -0.130. The first kappa shape index (κ1) is 14.7. The summed E-state index contributed by atoms with van der Waals surface area (Å²) in [6.07, 6.45) is 0. The van der Waals surface area contributed by atoms with E-state index in [9.17, 15) is 14.4 Å². The molecule has 0 aromatic heterocycles. The molecule has 20 heavy (non-hydrogen) atoms. The van der Waals surface area contributed by atoms with Crippen LogP contribution >= 0.6 is 23.4 Å². The number of aromatic carboxylic acids is 1. The third-order valence-corrected chi connectivity index (χ3v) is 3.91. The van der Waals surface area contributed by atoms with Crippen molar-refractivity contribution in [3.8, 4) is 0 Å². The number of amides is 2. The highest BCUT2D eigenvalue weighted by Gasteiger charge is 2.23. The van der Waals surface area contributed by atoms with Gasteiger partial charge in [0.2, 0.25) is 11.8 Å². The predicted molar refractivity (Wildman–Crippen MR) is 76.1 cm³/mol. The number of hydrogen-bond donors (Lipinski definition) is 2. The van der Waals surface area contributed by atoms with Crippen molar-refractivity contribution in [2.45, 2.75) is 0 Å². The van der Waals surface area contributed by atoms with E-state index in [4.69, 9.17) is 16.7 Å². The molecule has 1 aliphatic rings. The van der Waals surface area contributed by atoms with Gasteiger partial charge in [0.1, 0.15) is 6.54 Å². The van der Waals surface area contributed by atoms with Gasteiger partial charge in [-0.1, -0.05) is 11.6 Å². The summed E-state index contributed by atoms with van der Waals surface area (Å²) in [5.74, 6) is -0.646. The minimum atomic E-state index is -1.09. The molecule has 0 saturated carbocycles. The summed E-state index contributed by atoms with van der Waals surface area (Å²) >= 11 is 7.35. The number of hydrogen-bond acceptors (Lipinski definition) is 4. The lowest BCUT2D eigenvalue weighted by atomic mass is 10.2. The minimum Gasteiger partial charge on any atom is -0.478 e. The predicted octanol–water partition coefficient (Wildman–Crippen LogP) is 1.51. The van der Waals surface area contributed by atoms with Gasteiger partial charge in [0.25, 0.3) is 0 Å². The third-order valence-electron chi connectivity index (χ3n) is 2.65. The summed E-state index contributed by atoms with van der Waals surface area (Å²) in [6.45, 7) is -0.0388. The molecular formula is C12H11ClN2O4S. The second kappa shape index (κ2) is 6.15. The number of anilines is 1. The van der Waals surface area contributed by atoms with Gasteiger partial charge < -0.3 is 15.3 Å². The molecule has 2 N–H and O–H groups in total. The summed E-state index contributed by atoms with van der Waals surface area (Å²) in [5.41, 5.74) is 0.361. The van der Waals surface area contributed by atoms with Crippen molar-refractivity contribution in [1.29, 1.82) is 0 Å². The quantitative estimate of drug-likeness (QED) is 0.879. The van der Waals surface area contributed by atoms with Crippen molar-refractivity contribution in [2.75, 3.05) is 23.5 Å². The molecule has 0 spiro atoms. The van der Waals surface area contributed by atoms with Crippen LogP contribution in [-0.2, 0) is 9.59 Å². The standard InChI is InChI=1S/C12H11ClN2O4S/c13-8-3-7(12(18)19)1-2-9(8)14-10(16)4-15-6-20-5-11(15)17/h1-3H,4-6H2,(H,14,16)(H,18,19). The number of carboxylic acid groups (broad SMARTS) is 1. The molecule has 1 aliphatic heterocycles. The van der Waals surface area contributed by atoms with Gasteiger partial charge in [0.05, 0.1) is 27.9 Å². The number of carbonyl (C=O) groups excluding carboxylic acids is 2. The van der Waals surface area contributed by atoms with Crippen LogP contribution in [0.3, 0.4) is 0 Å². The van der Waals surface area contributed by atoms with Gasteiger partial charge in [-0.05, 0) is 18.2 Å². The minimum absolute atomic E-state index is 0.0388. The fraction of sp³-hybridized carbons (Fsp3) is 0.250. The molecule has 0 aliphatic carbocycles. The smallest absolute Gasteiger partial charge is 0.335 e. The van der Waals surface area contributed by atoms with Crippen molar-refractivity contribution in [3.63, 3.8) is 0 Å². The van der Waals surface area contributed by atoms with Crippen molar-refractivity contribution in [3.05, 3.63) is 28.8 Å². The van der Waals surface area contributed by atoms with Crippen LogP contribution in [0.1, 0.15) is 10.4 Å². The van der Waals surface area contributed by atoms with Gasteiger partial charge in [0.15, 0.2) is 0 Å². The highest BCUT2D eigenvalue weighted by molar-refractivity contribution is 8.00. The molecule has 106 valence electrons. The molecule has 1 aromatic carbocycles. The fourth-order valence-electron chi connectivity index (χ4n) is 1.65. The number of rotatable bonds is 4. The largest absolute Gasteiger partial charge is 0.478 e. The second-order valence-corrected chi connectivity index (χ2v) is 5.48. The maximum atomic E-state index is 11.8. The molecule has 0 unspecified atom stereocenters. The summed E-state index contributed by atoms with van der Waals surface area (Å²) in [7, 11) is 0. The highest BCUT2D eigenvalue weighted by atomic mass is 35.5. The monoisotopic (exact) mass is 314 g/mol. The van der Waals surface area contributed by atoms with Crippen LogP contribution in [0, 0.1) is 0 Å². The second-order valence-electron chi connectivity index (χ2n) is 4.12. The van der Waals surface area contributed by atoms with Gasteiger partial charge in [-0.15, -0.1) is 11.8 Å². The van der Waals surface area contributed by atoms with Gasteiger partial charge in [-0.3, -0.25) is 9.59 Å². The van der Waals surface area contributed by atoms with E-state index in [1.807, 2.05) is 0 Å². The first-order chi connectivity index (χ1) is 9.47. The van der Waals surface area contributed by atoms with Crippen molar-refractivity contribution < 1.29 is 19.5 Å². The van der Waals surface area contributed by atoms with Gasteiger partial charge in [-0.2, -0.15) is 0 Å². The van der Waals surface area contributed by atoms with Crippen LogP contribution in [0.4, 0.5) is 5.69 Å². The zero-order valence-electron chi connectivity index (χ0n) is 10.3. The highest BCUT2D eigenvalue weighted by Crippen LogP contribution is 2.23. The Morgan fingerprint density at radius 2 is 2.20 bits per heavy atom. The van der Waals surface area contributed by atoms with E-state index in [0.717, 1.165) is 0 Å². The lowest BCUT2D eigenvalue weighted by Crippen LogP contribution is -2.34. The number of nitrogens with zero attached hydrogens (tertiary/aromatic N) is 1. The Balaban J connectivity index is 2.00. The molecule has 1 saturated heterocycles. The van der Waals surface area contributed by atoms with Crippen LogP contribution < -0.4 is 5.32 Å². The topological polar surface area (TPSA) is 86.7 Å². The Morgan fingerprint density at radius 3 is 2.75 bits per heavy atom. The molecule has 0 bridgehead atoms. The number of carbonyl (C=O) groups is 3. The Hall–Kier alpha value is -1.73. The van der Waals surface area contributed by atoms with Crippen LogP contribution in [0.15, 0.2) is 18.2 Å². The van der Waals surface area contributed by atoms with E-state index in [0.29, 0.717) is 17.3 Å². The van der Waals surface area contributed by atoms with E-state index >= 15 is 0 Å². The van der Waals surface area contributed by atoms with E-state index in [-0.39, 0.29) is 28.9 Å². The van der Waals surface area contributed by atoms with Gasteiger partial charge in [-0.25, -0.2) is 4.79 Å². The molecule has 6 nitrogen and oxygen atoms in total. The molecule has 0 radical (unpaired) electrons. The van der Waals surface area contributed by atoms with E-state index < -0.39 is 5.97 Å². The Morgan fingerprint density at radius 1 is 1.45 bits per heavy atom. The van der Waals surface area contributed by atoms with Crippen LogP contribution in [-0.4, -0.2) is 46.0 Å². The first-order valence-electron chi connectivity index (χ1n) is 5.65. The van der Waals surface area contributed by atoms with Crippen molar-refractivity contribution in [1.82, 2.24) is 4.90 Å². The van der Waals surface area contributed by atoms with Crippen LogP contribution in [0.2, 0.25) is 5.02 Å². The number of nitrogens with one attached hydrogen (secondary N) is 1. The maximum absolute atomic E-state index is 11.8.